The quantitative estimate of drug-likeness (QED) is 0.681. The van der Waals surface area contributed by atoms with Gasteiger partial charge in [-0.15, -0.1) is 0 Å². The molecule has 1 saturated heterocycles. The van der Waals surface area contributed by atoms with Crippen molar-refractivity contribution in [3.63, 3.8) is 0 Å². The predicted octanol–water partition coefficient (Wildman–Crippen LogP) is 0.713. The summed E-state index contributed by atoms with van der Waals surface area (Å²) in [4.78, 5) is 15.9. The van der Waals surface area contributed by atoms with Gasteiger partial charge >= 0.3 is 5.97 Å². The summed E-state index contributed by atoms with van der Waals surface area (Å²) >= 11 is 0. The summed E-state index contributed by atoms with van der Waals surface area (Å²) in [6.45, 7) is 13.1. The first-order valence-corrected chi connectivity index (χ1v) is 7.43. The van der Waals surface area contributed by atoms with E-state index in [1.807, 2.05) is 0 Å². The highest BCUT2D eigenvalue weighted by atomic mass is 16.4. The first kappa shape index (κ1) is 16.4. The largest absolute Gasteiger partial charge is 0.480 e. The SMILES string of the molecule is CCCNC(CN1CCN(CC(C)C)CC1)C(=O)O. The maximum atomic E-state index is 11.2. The molecule has 0 aliphatic carbocycles. The second-order valence-electron chi connectivity index (χ2n) is 5.84. The molecule has 0 amide bonds. The van der Waals surface area contributed by atoms with Crippen LogP contribution >= 0.6 is 0 Å². The molecule has 0 aromatic heterocycles. The molecule has 1 heterocycles. The molecule has 112 valence electrons. The van der Waals surface area contributed by atoms with Gasteiger partial charge in [0.05, 0.1) is 0 Å². The third-order valence-electron chi connectivity index (χ3n) is 3.47. The number of nitrogens with one attached hydrogen (secondary N) is 1. The van der Waals surface area contributed by atoms with Crippen LogP contribution in [0.3, 0.4) is 0 Å². The van der Waals surface area contributed by atoms with Crippen molar-refractivity contribution in [1.82, 2.24) is 15.1 Å². The minimum absolute atomic E-state index is 0.434. The van der Waals surface area contributed by atoms with Crippen LogP contribution in [0.2, 0.25) is 0 Å². The zero-order chi connectivity index (χ0) is 14.3. The Kier molecular flexibility index (Phi) is 7.34. The van der Waals surface area contributed by atoms with E-state index in [-0.39, 0.29) is 0 Å². The van der Waals surface area contributed by atoms with Crippen LogP contribution in [0.1, 0.15) is 27.2 Å². The van der Waals surface area contributed by atoms with Crippen molar-refractivity contribution in [2.24, 2.45) is 5.92 Å². The molecule has 0 bridgehead atoms. The fraction of sp³-hybridized carbons (Fsp3) is 0.929. The highest BCUT2D eigenvalue weighted by Crippen LogP contribution is 2.06. The standard InChI is InChI=1S/C14H29N3O2/c1-4-5-15-13(14(18)19)11-17-8-6-16(7-9-17)10-12(2)3/h12-13,15H,4-11H2,1-3H3,(H,18,19). The average Bonchev–Trinajstić information content (AvgIpc) is 2.35. The molecular formula is C14H29N3O2. The molecule has 2 N–H and O–H groups in total. The van der Waals surface area contributed by atoms with E-state index in [0.29, 0.717) is 12.5 Å². The minimum Gasteiger partial charge on any atom is -0.480 e. The zero-order valence-corrected chi connectivity index (χ0v) is 12.6. The Labute approximate surface area is 117 Å². The molecule has 5 heteroatoms. The Balaban J connectivity index is 2.31. The van der Waals surface area contributed by atoms with Gasteiger partial charge in [0.25, 0.3) is 0 Å². The second kappa shape index (κ2) is 8.51. The monoisotopic (exact) mass is 271 g/mol. The summed E-state index contributed by atoms with van der Waals surface area (Å²) in [6.07, 6.45) is 0.964. The molecule has 1 unspecified atom stereocenters. The Morgan fingerprint density at radius 2 is 1.68 bits per heavy atom. The third kappa shape index (κ3) is 6.36. The van der Waals surface area contributed by atoms with Crippen LogP contribution in [0.15, 0.2) is 0 Å². The summed E-state index contributed by atoms with van der Waals surface area (Å²) < 4.78 is 0. The number of hydrogen-bond donors (Lipinski definition) is 2. The molecule has 0 aromatic rings. The van der Waals surface area contributed by atoms with Gasteiger partial charge in [0, 0.05) is 39.3 Å². The van der Waals surface area contributed by atoms with Crippen LogP contribution in [0.25, 0.3) is 0 Å². The van der Waals surface area contributed by atoms with Crippen molar-refractivity contribution in [3.05, 3.63) is 0 Å². The van der Waals surface area contributed by atoms with Gasteiger partial charge in [0.1, 0.15) is 6.04 Å². The summed E-state index contributed by atoms with van der Waals surface area (Å²) in [6, 6.07) is -0.434. The van der Waals surface area contributed by atoms with Crippen molar-refractivity contribution < 1.29 is 9.90 Å². The third-order valence-corrected chi connectivity index (χ3v) is 3.47. The number of nitrogens with zero attached hydrogens (tertiary/aromatic N) is 2. The first-order chi connectivity index (χ1) is 9.02. The fourth-order valence-electron chi connectivity index (χ4n) is 2.48. The van der Waals surface area contributed by atoms with E-state index in [0.717, 1.165) is 45.7 Å². The van der Waals surface area contributed by atoms with Gasteiger partial charge in [0.2, 0.25) is 0 Å². The number of rotatable bonds is 8. The van der Waals surface area contributed by atoms with Gasteiger partial charge in [-0.25, -0.2) is 0 Å². The highest BCUT2D eigenvalue weighted by Gasteiger charge is 2.23. The molecule has 1 atom stereocenters. The van der Waals surface area contributed by atoms with Gasteiger partial charge in [-0.05, 0) is 18.9 Å². The number of piperazine rings is 1. The molecule has 0 spiro atoms. The maximum absolute atomic E-state index is 11.2. The van der Waals surface area contributed by atoms with Crippen molar-refractivity contribution in [3.8, 4) is 0 Å². The van der Waals surface area contributed by atoms with Crippen molar-refractivity contribution >= 4 is 5.97 Å². The maximum Gasteiger partial charge on any atom is 0.322 e. The number of aliphatic carboxylic acids is 1. The summed E-state index contributed by atoms with van der Waals surface area (Å²) in [5, 5.41) is 12.3. The van der Waals surface area contributed by atoms with Gasteiger partial charge in [-0.2, -0.15) is 0 Å². The lowest BCUT2D eigenvalue weighted by Crippen LogP contribution is -2.53. The Hall–Kier alpha value is -0.650. The average molecular weight is 271 g/mol. The van der Waals surface area contributed by atoms with E-state index in [1.165, 1.54) is 0 Å². The minimum atomic E-state index is -0.738. The zero-order valence-electron chi connectivity index (χ0n) is 12.6. The summed E-state index contributed by atoms with van der Waals surface area (Å²) in [5.74, 6) is -0.0393. The second-order valence-corrected chi connectivity index (χ2v) is 5.84. The number of carboxylic acid groups (broad SMARTS) is 1. The van der Waals surface area contributed by atoms with Crippen LogP contribution in [0.5, 0.6) is 0 Å². The van der Waals surface area contributed by atoms with Crippen LogP contribution in [-0.2, 0) is 4.79 Å². The van der Waals surface area contributed by atoms with Gasteiger partial charge in [-0.1, -0.05) is 20.8 Å². The van der Waals surface area contributed by atoms with Crippen molar-refractivity contribution in [2.45, 2.75) is 33.2 Å². The highest BCUT2D eigenvalue weighted by molar-refractivity contribution is 5.73. The van der Waals surface area contributed by atoms with Crippen LogP contribution in [0.4, 0.5) is 0 Å². The molecule has 0 saturated carbocycles. The van der Waals surface area contributed by atoms with Crippen molar-refractivity contribution in [1.29, 1.82) is 0 Å². The molecule has 0 radical (unpaired) electrons. The molecule has 0 aromatic carbocycles. The van der Waals surface area contributed by atoms with E-state index in [9.17, 15) is 9.90 Å². The van der Waals surface area contributed by atoms with Crippen LogP contribution < -0.4 is 5.32 Å². The van der Waals surface area contributed by atoms with E-state index in [4.69, 9.17) is 0 Å². The molecule has 1 aliphatic heterocycles. The lowest BCUT2D eigenvalue weighted by atomic mass is 10.2. The van der Waals surface area contributed by atoms with Gasteiger partial charge < -0.3 is 15.3 Å². The summed E-state index contributed by atoms with van der Waals surface area (Å²) in [5.41, 5.74) is 0. The molecular weight excluding hydrogens is 242 g/mol. The lowest BCUT2D eigenvalue weighted by Gasteiger charge is -2.36. The van der Waals surface area contributed by atoms with Crippen LogP contribution in [-0.4, -0.2) is 72.7 Å². The number of carbonyl (C=O) groups is 1. The lowest BCUT2D eigenvalue weighted by molar-refractivity contribution is -0.140. The first-order valence-electron chi connectivity index (χ1n) is 7.43. The van der Waals surface area contributed by atoms with E-state index in [2.05, 4.69) is 35.9 Å². The predicted molar refractivity (Wildman–Crippen MR) is 77.4 cm³/mol. The van der Waals surface area contributed by atoms with Gasteiger partial charge in [-0.3, -0.25) is 9.69 Å². The molecule has 5 nitrogen and oxygen atoms in total. The number of hydrogen-bond acceptors (Lipinski definition) is 4. The van der Waals surface area contributed by atoms with E-state index < -0.39 is 12.0 Å². The number of carboxylic acids is 1. The Morgan fingerprint density at radius 3 is 2.11 bits per heavy atom. The normalized spacial score (nSPS) is 19.8. The Bertz CT molecular complexity index is 263. The van der Waals surface area contributed by atoms with Gasteiger partial charge in [0.15, 0.2) is 0 Å². The fourth-order valence-corrected chi connectivity index (χ4v) is 2.48. The van der Waals surface area contributed by atoms with Crippen LogP contribution in [0, 0.1) is 5.92 Å². The topological polar surface area (TPSA) is 55.8 Å². The molecule has 1 aliphatic rings. The smallest absolute Gasteiger partial charge is 0.322 e. The Morgan fingerprint density at radius 1 is 1.16 bits per heavy atom. The van der Waals surface area contributed by atoms with E-state index in [1.54, 1.807) is 0 Å². The molecule has 1 rings (SSSR count). The molecule has 19 heavy (non-hydrogen) atoms. The van der Waals surface area contributed by atoms with E-state index >= 15 is 0 Å². The van der Waals surface area contributed by atoms with Crippen molar-refractivity contribution in [2.75, 3.05) is 45.8 Å². The summed E-state index contributed by atoms with van der Waals surface area (Å²) in [7, 11) is 0. The molecule has 1 fully saturated rings.